The fourth-order valence-corrected chi connectivity index (χ4v) is 9.15. The van der Waals surface area contributed by atoms with Crippen LogP contribution in [0.15, 0.2) is 11.4 Å². The third-order valence-electron chi connectivity index (χ3n) is 9.10. The summed E-state index contributed by atoms with van der Waals surface area (Å²) in [4.78, 5) is 12.0. The third kappa shape index (κ3) is 2.85. The van der Waals surface area contributed by atoms with Gasteiger partial charge in [-0.05, 0) is 79.4 Å². The second-order valence-corrected chi connectivity index (χ2v) is 12.3. The van der Waals surface area contributed by atoms with Crippen LogP contribution >= 0.6 is 7.60 Å². The molecule has 2 unspecified atom stereocenters. The molecule has 3 saturated carbocycles. The number of carbonyl (C=O) groups is 1. The molecule has 0 radical (unpaired) electrons. The quantitative estimate of drug-likeness (QED) is 0.445. The Bertz CT molecular complexity index is 680. The first-order chi connectivity index (χ1) is 12.8. The van der Waals surface area contributed by atoms with Crippen molar-refractivity contribution in [3.8, 4) is 0 Å². The summed E-state index contributed by atoms with van der Waals surface area (Å²) in [6.45, 7) is 4.93. The largest absolute Gasteiger partial charge is 0.357 e. The smallest absolute Gasteiger partial charge is 0.309 e. The number of hydrogen-bond acceptors (Lipinski definition) is 4. The number of fused-ring (bicyclic) bond motifs is 5. The van der Waals surface area contributed by atoms with Crippen molar-refractivity contribution < 1.29 is 18.4 Å². The Morgan fingerprint density at radius 2 is 1.81 bits per heavy atom. The molecular formula is C22H35O4P. The van der Waals surface area contributed by atoms with Crippen LogP contribution in [0.1, 0.15) is 65.2 Å². The monoisotopic (exact) mass is 394 g/mol. The summed E-state index contributed by atoms with van der Waals surface area (Å²) in [6, 6.07) is 0. The van der Waals surface area contributed by atoms with Gasteiger partial charge in [-0.15, -0.1) is 0 Å². The van der Waals surface area contributed by atoms with Crippen molar-refractivity contribution in [3.05, 3.63) is 11.4 Å². The highest BCUT2D eigenvalue weighted by Gasteiger charge is 2.58. The van der Waals surface area contributed by atoms with Crippen molar-refractivity contribution >= 4 is 13.9 Å². The lowest BCUT2D eigenvalue weighted by molar-refractivity contribution is -0.116. The molecule has 0 spiro atoms. The van der Waals surface area contributed by atoms with Gasteiger partial charge in [-0.1, -0.05) is 26.3 Å². The van der Waals surface area contributed by atoms with E-state index < -0.39 is 7.60 Å². The van der Waals surface area contributed by atoms with Gasteiger partial charge in [-0.3, -0.25) is 4.57 Å². The first-order valence-electron chi connectivity index (χ1n) is 10.7. The second kappa shape index (κ2) is 6.82. The van der Waals surface area contributed by atoms with Crippen molar-refractivity contribution in [1.29, 1.82) is 0 Å². The van der Waals surface area contributed by atoms with E-state index in [1.807, 2.05) is 0 Å². The van der Waals surface area contributed by atoms with Crippen LogP contribution < -0.4 is 0 Å². The highest BCUT2D eigenvalue weighted by atomic mass is 31.2. The standard InChI is InChI=1S/C22H35O4P/c1-21-10-5-6-18(21)17-8-7-16-12-20(27(24,25-3)26-4)15(14-23)13-22(16,2)19(17)9-11-21/h12,14-19H,5-11,13H2,1-4H3/t15?,16?,17-,18-,19+,21-,22-/m0/s1. The lowest BCUT2D eigenvalue weighted by Crippen LogP contribution is -2.52. The number of carbonyl (C=O) groups excluding carboxylic acids is 1. The van der Waals surface area contributed by atoms with Crippen LogP contribution in [0.3, 0.4) is 0 Å². The summed E-state index contributed by atoms with van der Waals surface area (Å²) in [5, 5.41) is 0.602. The van der Waals surface area contributed by atoms with E-state index in [1.54, 1.807) is 0 Å². The molecule has 5 heteroatoms. The molecule has 0 aliphatic heterocycles. The molecule has 4 aliphatic rings. The molecule has 7 atom stereocenters. The third-order valence-corrected chi connectivity index (χ3v) is 11.2. The van der Waals surface area contributed by atoms with E-state index in [4.69, 9.17) is 9.05 Å². The van der Waals surface area contributed by atoms with Gasteiger partial charge in [0.1, 0.15) is 6.29 Å². The zero-order valence-corrected chi connectivity index (χ0v) is 18.2. The number of rotatable bonds is 4. The summed E-state index contributed by atoms with van der Waals surface area (Å²) >= 11 is 0. The van der Waals surface area contributed by atoms with E-state index in [1.165, 1.54) is 52.7 Å². The molecule has 4 nitrogen and oxygen atoms in total. The Morgan fingerprint density at radius 3 is 2.48 bits per heavy atom. The Hall–Kier alpha value is -0.440. The molecule has 0 aromatic carbocycles. The van der Waals surface area contributed by atoms with Crippen molar-refractivity contribution in [2.45, 2.75) is 65.2 Å². The predicted molar refractivity (Wildman–Crippen MR) is 106 cm³/mol. The van der Waals surface area contributed by atoms with E-state index in [-0.39, 0.29) is 11.3 Å². The van der Waals surface area contributed by atoms with Gasteiger partial charge in [-0.25, -0.2) is 0 Å². The van der Waals surface area contributed by atoms with Gasteiger partial charge in [0.2, 0.25) is 0 Å². The summed E-state index contributed by atoms with van der Waals surface area (Å²) in [7, 11) is -0.525. The van der Waals surface area contributed by atoms with Gasteiger partial charge in [0.15, 0.2) is 0 Å². The summed E-state index contributed by atoms with van der Waals surface area (Å²) in [6.07, 6.45) is 13.1. The van der Waals surface area contributed by atoms with Gasteiger partial charge >= 0.3 is 7.60 Å². The fourth-order valence-electron chi connectivity index (χ4n) is 7.66. The molecule has 3 fully saturated rings. The minimum Gasteiger partial charge on any atom is -0.309 e. The number of hydrogen-bond donors (Lipinski definition) is 0. The van der Waals surface area contributed by atoms with Crippen molar-refractivity contribution in [3.63, 3.8) is 0 Å². The minimum absolute atomic E-state index is 0.119. The Morgan fingerprint density at radius 1 is 1.07 bits per heavy atom. The van der Waals surface area contributed by atoms with E-state index >= 15 is 0 Å². The SMILES string of the molecule is COP(=O)(OC)C1=CC2CC[C@@H]3[C@@H](CC[C@]4(C)CCC[C@@H]34)[C@@]2(C)CC1C=O. The fraction of sp³-hybridized carbons (Fsp3) is 0.864. The lowest BCUT2D eigenvalue weighted by Gasteiger charge is -2.60. The highest BCUT2D eigenvalue weighted by molar-refractivity contribution is 7.58. The van der Waals surface area contributed by atoms with Crippen molar-refractivity contribution in [1.82, 2.24) is 0 Å². The van der Waals surface area contributed by atoms with E-state index in [0.29, 0.717) is 22.6 Å². The molecule has 0 aromatic rings. The molecular weight excluding hydrogens is 359 g/mol. The summed E-state index contributed by atoms with van der Waals surface area (Å²) < 4.78 is 23.6. The number of allylic oxidation sites excluding steroid dienone is 2. The Labute approximate surface area is 164 Å². The normalized spacial score (nSPS) is 46.8. The van der Waals surface area contributed by atoms with Gasteiger partial charge in [-0.2, -0.15) is 0 Å². The Kier molecular flexibility index (Phi) is 5.01. The van der Waals surface area contributed by atoms with Crippen LogP contribution in [0.4, 0.5) is 0 Å². The van der Waals surface area contributed by atoms with Crippen LogP contribution in [-0.2, 0) is 18.4 Å². The average molecular weight is 394 g/mol. The van der Waals surface area contributed by atoms with Crippen molar-refractivity contribution in [2.75, 3.05) is 14.2 Å². The Balaban J connectivity index is 1.69. The summed E-state index contributed by atoms with van der Waals surface area (Å²) in [5.74, 6) is 2.35. The lowest BCUT2D eigenvalue weighted by atomic mass is 9.45. The van der Waals surface area contributed by atoms with E-state index in [9.17, 15) is 9.36 Å². The summed E-state index contributed by atoms with van der Waals surface area (Å²) in [5.41, 5.74) is 0.667. The van der Waals surface area contributed by atoms with Crippen LogP contribution in [0, 0.1) is 40.4 Å². The maximum Gasteiger partial charge on any atom is 0.357 e. The molecule has 0 bridgehead atoms. The maximum absolute atomic E-state index is 13.1. The molecule has 152 valence electrons. The van der Waals surface area contributed by atoms with Gasteiger partial charge < -0.3 is 13.8 Å². The van der Waals surface area contributed by atoms with E-state index in [2.05, 4.69) is 19.9 Å². The van der Waals surface area contributed by atoms with Gasteiger partial charge in [0.25, 0.3) is 0 Å². The maximum atomic E-state index is 13.1. The van der Waals surface area contributed by atoms with Crippen LogP contribution in [0.25, 0.3) is 0 Å². The topological polar surface area (TPSA) is 52.6 Å². The molecule has 0 aromatic heterocycles. The number of aldehydes is 1. The van der Waals surface area contributed by atoms with Crippen LogP contribution in [0.5, 0.6) is 0 Å². The first kappa shape index (κ1) is 19.9. The van der Waals surface area contributed by atoms with Gasteiger partial charge in [0.05, 0.1) is 0 Å². The minimum atomic E-state index is -3.36. The molecule has 0 heterocycles. The average Bonchev–Trinajstić information content (AvgIpc) is 3.07. The molecule has 27 heavy (non-hydrogen) atoms. The van der Waals surface area contributed by atoms with Gasteiger partial charge in [0, 0.05) is 25.5 Å². The van der Waals surface area contributed by atoms with Crippen molar-refractivity contribution in [2.24, 2.45) is 40.4 Å². The van der Waals surface area contributed by atoms with Crippen LogP contribution in [0.2, 0.25) is 0 Å². The molecule has 4 rings (SSSR count). The second-order valence-electron chi connectivity index (χ2n) is 10.1. The first-order valence-corrected chi connectivity index (χ1v) is 12.2. The zero-order chi connectivity index (χ0) is 19.4. The highest BCUT2D eigenvalue weighted by Crippen LogP contribution is 2.69. The van der Waals surface area contributed by atoms with E-state index in [0.717, 1.165) is 31.0 Å². The molecule has 0 amide bonds. The molecule has 0 saturated heterocycles. The van der Waals surface area contributed by atoms with Crippen LogP contribution in [-0.4, -0.2) is 20.5 Å². The molecule has 4 aliphatic carbocycles. The zero-order valence-electron chi connectivity index (χ0n) is 17.3. The molecule has 0 N–H and O–H groups in total. The predicted octanol–water partition coefficient (Wildman–Crippen LogP) is 5.82.